The Bertz CT molecular complexity index is 231. The van der Waals surface area contributed by atoms with Crippen molar-refractivity contribution >= 4 is 20.7 Å². The SMILES string of the molecule is CCCCCCCCCCN1CN(C)N=C1Br. The summed E-state index contributed by atoms with van der Waals surface area (Å²) in [4.78, 5) is 2.29. The zero-order valence-corrected chi connectivity index (χ0v) is 12.9. The van der Waals surface area contributed by atoms with Crippen LogP contribution in [-0.2, 0) is 0 Å². The molecule has 0 aliphatic carbocycles. The second-order valence-electron chi connectivity index (χ2n) is 4.91. The Hall–Kier alpha value is -0.250. The van der Waals surface area contributed by atoms with Gasteiger partial charge >= 0.3 is 0 Å². The molecule has 1 aliphatic rings. The third kappa shape index (κ3) is 6.29. The lowest BCUT2D eigenvalue weighted by molar-refractivity contribution is 0.274. The quantitative estimate of drug-likeness (QED) is 0.473. The maximum Gasteiger partial charge on any atom is 0.193 e. The van der Waals surface area contributed by atoms with E-state index in [4.69, 9.17) is 0 Å². The molecule has 0 unspecified atom stereocenters. The van der Waals surface area contributed by atoms with Gasteiger partial charge < -0.3 is 4.90 Å². The van der Waals surface area contributed by atoms with E-state index >= 15 is 0 Å². The van der Waals surface area contributed by atoms with Gasteiger partial charge in [0.2, 0.25) is 0 Å². The van der Waals surface area contributed by atoms with Crippen molar-refractivity contribution < 1.29 is 0 Å². The van der Waals surface area contributed by atoms with Crippen molar-refractivity contribution in [3.63, 3.8) is 0 Å². The van der Waals surface area contributed by atoms with E-state index in [1.807, 2.05) is 12.1 Å². The first-order valence-corrected chi connectivity index (χ1v) is 7.73. The monoisotopic (exact) mass is 303 g/mol. The largest absolute Gasteiger partial charge is 0.330 e. The van der Waals surface area contributed by atoms with Gasteiger partial charge in [0.05, 0.1) is 0 Å². The molecule has 0 fully saturated rings. The van der Waals surface area contributed by atoms with Crippen LogP contribution in [0, 0.1) is 0 Å². The number of amidine groups is 1. The summed E-state index contributed by atoms with van der Waals surface area (Å²) in [6, 6.07) is 0. The van der Waals surface area contributed by atoms with Gasteiger partial charge in [-0.25, -0.2) is 0 Å². The molecule has 0 atom stereocenters. The summed E-state index contributed by atoms with van der Waals surface area (Å²) in [5, 5.41) is 6.28. The summed E-state index contributed by atoms with van der Waals surface area (Å²) < 4.78 is 0.989. The number of nitrogens with zero attached hydrogens (tertiary/aromatic N) is 3. The highest BCUT2D eigenvalue weighted by atomic mass is 79.9. The molecule has 100 valence electrons. The minimum atomic E-state index is 0.928. The molecule has 0 spiro atoms. The van der Waals surface area contributed by atoms with Crippen molar-refractivity contribution in [1.29, 1.82) is 0 Å². The van der Waals surface area contributed by atoms with Crippen LogP contribution in [0.5, 0.6) is 0 Å². The number of halogens is 1. The van der Waals surface area contributed by atoms with Crippen molar-refractivity contribution in [2.24, 2.45) is 5.10 Å². The Morgan fingerprint density at radius 2 is 1.65 bits per heavy atom. The van der Waals surface area contributed by atoms with Crippen LogP contribution in [-0.4, -0.2) is 34.9 Å². The van der Waals surface area contributed by atoms with Gasteiger partial charge in [-0.3, -0.25) is 5.01 Å². The Morgan fingerprint density at radius 1 is 1.06 bits per heavy atom. The molecular formula is C13H26BrN3. The van der Waals surface area contributed by atoms with Gasteiger partial charge in [-0.05, 0) is 22.4 Å². The third-order valence-corrected chi connectivity index (χ3v) is 3.83. The van der Waals surface area contributed by atoms with Crippen LogP contribution >= 0.6 is 15.9 Å². The van der Waals surface area contributed by atoms with Gasteiger partial charge in [0.15, 0.2) is 4.74 Å². The Labute approximate surface area is 114 Å². The van der Waals surface area contributed by atoms with E-state index in [0.29, 0.717) is 0 Å². The summed E-state index contributed by atoms with van der Waals surface area (Å²) in [5.41, 5.74) is 0. The maximum absolute atomic E-state index is 4.31. The first kappa shape index (κ1) is 14.8. The lowest BCUT2D eigenvalue weighted by atomic mass is 10.1. The molecule has 1 aliphatic heterocycles. The molecule has 0 N–H and O–H groups in total. The average molecular weight is 304 g/mol. The summed E-state index contributed by atoms with van der Waals surface area (Å²) >= 11 is 3.49. The van der Waals surface area contributed by atoms with E-state index in [1.54, 1.807) is 0 Å². The first-order valence-electron chi connectivity index (χ1n) is 6.94. The van der Waals surface area contributed by atoms with E-state index in [1.165, 1.54) is 51.4 Å². The smallest absolute Gasteiger partial charge is 0.193 e. The van der Waals surface area contributed by atoms with Crippen molar-refractivity contribution in [1.82, 2.24) is 9.91 Å². The van der Waals surface area contributed by atoms with Crippen LogP contribution < -0.4 is 0 Å². The van der Waals surface area contributed by atoms with Crippen molar-refractivity contribution in [2.45, 2.75) is 58.3 Å². The lowest BCUT2D eigenvalue weighted by Gasteiger charge is -2.17. The lowest BCUT2D eigenvalue weighted by Crippen LogP contribution is -2.28. The molecule has 17 heavy (non-hydrogen) atoms. The van der Waals surface area contributed by atoms with Crippen molar-refractivity contribution in [2.75, 3.05) is 20.3 Å². The first-order chi connectivity index (χ1) is 8.24. The maximum atomic E-state index is 4.31. The molecule has 0 aromatic carbocycles. The number of hydrogen-bond donors (Lipinski definition) is 0. The van der Waals surface area contributed by atoms with Gasteiger partial charge in [0.25, 0.3) is 0 Å². The zero-order valence-electron chi connectivity index (χ0n) is 11.3. The predicted molar refractivity (Wildman–Crippen MR) is 78.3 cm³/mol. The van der Waals surface area contributed by atoms with Gasteiger partial charge in [-0.15, -0.1) is 0 Å². The van der Waals surface area contributed by atoms with Gasteiger partial charge in [0, 0.05) is 13.6 Å². The third-order valence-electron chi connectivity index (χ3n) is 3.17. The van der Waals surface area contributed by atoms with E-state index in [-0.39, 0.29) is 0 Å². The predicted octanol–water partition coefficient (Wildman–Crippen LogP) is 4.00. The average Bonchev–Trinajstić information content (AvgIpc) is 2.61. The Balaban J connectivity index is 1.89. The normalized spacial score (nSPS) is 15.6. The van der Waals surface area contributed by atoms with Crippen molar-refractivity contribution in [3.8, 4) is 0 Å². The van der Waals surface area contributed by atoms with E-state index in [2.05, 4.69) is 32.9 Å². The molecule has 1 rings (SSSR count). The van der Waals surface area contributed by atoms with E-state index in [0.717, 1.165) is 18.0 Å². The molecule has 0 saturated carbocycles. The molecule has 0 aromatic rings. The fourth-order valence-corrected chi connectivity index (χ4v) is 2.70. The molecule has 0 amide bonds. The molecule has 0 saturated heterocycles. The summed E-state index contributed by atoms with van der Waals surface area (Å²) in [6.07, 6.45) is 11.0. The standard InChI is InChI=1S/C13H26BrN3/c1-3-4-5-6-7-8-9-10-11-17-12-16(2)15-13(17)14/h3-12H2,1-2H3. The Kier molecular flexibility index (Phi) is 7.65. The topological polar surface area (TPSA) is 18.8 Å². The van der Waals surface area contributed by atoms with Crippen LogP contribution in [0.25, 0.3) is 0 Å². The van der Waals surface area contributed by atoms with Gasteiger partial charge in [0.1, 0.15) is 6.67 Å². The molecule has 3 nitrogen and oxygen atoms in total. The fourth-order valence-electron chi connectivity index (χ4n) is 2.14. The van der Waals surface area contributed by atoms with Crippen molar-refractivity contribution in [3.05, 3.63) is 0 Å². The highest BCUT2D eigenvalue weighted by Gasteiger charge is 2.16. The second-order valence-corrected chi connectivity index (χ2v) is 5.62. The fraction of sp³-hybridized carbons (Fsp3) is 0.923. The van der Waals surface area contributed by atoms with E-state index in [9.17, 15) is 0 Å². The zero-order chi connectivity index (χ0) is 12.5. The van der Waals surface area contributed by atoms with Crippen LogP contribution in [0.15, 0.2) is 5.10 Å². The summed E-state index contributed by atoms with van der Waals surface area (Å²) in [6.45, 7) is 4.33. The van der Waals surface area contributed by atoms with Gasteiger partial charge in [-0.2, -0.15) is 5.10 Å². The minimum absolute atomic E-state index is 0.928. The van der Waals surface area contributed by atoms with Crippen LogP contribution in [0.3, 0.4) is 0 Å². The second kappa shape index (κ2) is 8.78. The summed E-state index contributed by atoms with van der Waals surface area (Å²) in [7, 11) is 2.01. The molecule has 0 aromatic heterocycles. The van der Waals surface area contributed by atoms with Crippen LogP contribution in [0.4, 0.5) is 0 Å². The molecule has 4 heteroatoms. The highest BCUT2D eigenvalue weighted by Crippen LogP contribution is 2.13. The van der Waals surface area contributed by atoms with Crippen LogP contribution in [0.1, 0.15) is 58.3 Å². The number of rotatable bonds is 9. The molecular weight excluding hydrogens is 278 g/mol. The molecule has 1 heterocycles. The molecule has 0 bridgehead atoms. The van der Waals surface area contributed by atoms with Gasteiger partial charge in [-0.1, -0.05) is 51.9 Å². The number of hydrazone groups is 1. The number of unbranched alkanes of at least 4 members (excludes halogenated alkanes) is 7. The molecule has 0 radical (unpaired) electrons. The number of hydrogen-bond acceptors (Lipinski definition) is 3. The van der Waals surface area contributed by atoms with E-state index < -0.39 is 0 Å². The highest BCUT2D eigenvalue weighted by molar-refractivity contribution is 9.18. The minimum Gasteiger partial charge on any atom is -0.330 e. The summed E-state index contributed by atoms with van der Waals surface area (Å²) in [5.74, 6) is 0. The van der Waals surface area contributed by atoms with Crippen LogP contribution in [0.2, 0.25) is 0 Å². The Morgan fingerprint density at radius 3 is 2.18 bits per heavy atom.